The fourth-order valence-electron chi connectivity index (χ4n) is 2.70. The number of halogens is 1. The minimum Gasteiger partial charge on any atom is -0.329 e. The average Bonchev–Trinajstić information content (AvgIpc) is 3.17. The maximum atomic E-state index is 13.1. The molecule has 0 radical (unpaired) electrons. The Balaban J connectivity index is 1.65. The monoisotopic (exact) mass is 397 g/mol. The summed E-state index contributed by atoms with van der Waals surface area (Å²) in [5, 5.41) is 5.11. The first-order valence-electron chi connectivity index (χ1n) is 8.92. The van der Waals surface area contributed by atoms with Crippen LogP contribution in [0.15, 0.2) is 60.0 Å². The molecular weight excluding hydrogens is 377 g/mol. The van der Waals surface area contributed by atoms with Crippen LogP contribution in [0.2, 0.25) is 0 Å². The number of hydrogen-bond donors (Lipinski definition) is 1. The molecule has 0 saturated carbocycles. The molecule has 5 nitrogen and oxygen atoms in total. The third-order valence-electron chi connectivity index (χ3n) is 4.03. The molecule has 2 amide bonds. The summed E-state index contributed by atoms with van der Waals surface area (Å²) >= 11 is 1.33. The lowest BCUT2D eigenvalue weighted by molar-refractivity contribution is -0.116. The van der Waals surface area contributed by atoms with Crippen molar-refractivity contribution < 1.29 is 14.0 Å². The third-order valence-corrected chi connectivity index (χ3v) is 4.78. The smallest absolute Gasteiger partial charge is 0.254 e. The molecule has 0 atom stereocenters. The van der Waals surface area contributed by atoms with E-state index < -0.39 is 5.82 Å². The molecule has 1 aromatic heterocycles. The highest BCUT2D eigenvalue weighted by molar-refractivity contribution is 7.14. The van der Waals surface area contributed by atoms with Gasteiger partial charge in [-0.15, -0.1) is 11.3 Å². The van der Waals surface area contributed by atoms with Crippen molar-refractivity contribution in [3.05, 3.63) is 71.4 Å². The minimum absolute atomic E-state index is 0.0930. The van der Waals surface area contributed by atoms with Crippen LogP contribution in [0.5, 0.6) is 0 Å². The second kappa shape index (κ2) is 9.23. The normalized spacial score (nSPS) is 10.5. The predicted octanol–water partition coefficient (Wildman–Crippen LogP) is 4.44. The van der Waals surface area contributed by atoms with E-state index in [-0.39, 0.29) is 18.4 Å². The molecule has 144 valence electrons. The number of nitrogens with one attached hydrogen (secondary N) is 1. The fourth-order valence-corrected chi connectivity index (χ4v) is 3.44. The molecule has 0 bridgehead atoms. The van der Waals surface area contributed by atoms with Crippen LogP contribution < -0.4 is 5.32 Å². The van der Waals surface area contributed by atoms with Gasteiger partial charge in [-0.25, -0.2) is 9.37 Å². The zero-order chi connectivity index (χ0) is 19.9. The SMILES string of the molecule is CCCN(CC(=O)Nc1nc(-c2ccccc2)cs1)C(=O)c1ccc(F)cc1. The first kappa shape index (κ1) is 19.7. The van der Waals surface area contributed by atoms with E-state index >= 15 is 0 Å². The number of hydrogen-bond acceptors (Lipinski definition) is 4. The van der Waals surface area contributed by atoms with Gasteiger partial charge in [-0.3, -0.25) is 9.59 Å². The first-order chi connectivity index (χ1) is 13.6. The van der Waals surface area contributed by atoms with Gasteiger partial charge in [0.05, 0.1) is 5.69 Å². The lowest BCUT2D eigenvalue weighted by Crippen LogP contribution is -2.38. The van der Waals surface area contributed by atoms with E-state index in [1.54, 1.807) is 0 Å². The molecule has 0 unspecified atom stereocenters. The van der Waals surface area contributed by atoms with E-state index in [4.69, 9.17) is 0 Å². The molecule has 7 heteroatoms. The molecule has 3 aromatic rings. The maximum Gasteiger partial charge on any atom is 0.254 e. The van der Waals surface area contributed by atoms with Crippen LogP contribution in [0, 0.1) is 5.82 Å². The summed E-state index contributed by atoms with van der Waals surface area (Å²) < 4.78 is 13.1. The zero-order valence-corrected chi connectivity index (χ0v) is 16.2. The summed E-state index contributed by atoms with van der Waals surface area (Å²) in [4.78, 5) is 30.9. The van der Waals surface area contributed by atoms with Gasteiger partial charge >= 0.3 is 0 Å². The molecule has 2 aromatic carbocycles. The van der Waals surface area contributed by atoms with E-state index in [0.29, 0.717) is 23.7 Å². The lowest BCUT2D eigenvalue weighted by atomic mass is 10.2. The molecule has 0 aliphatic rings. The molecule has 1 heterocycles. The molecule has 0 spiro atoms. The van der Waals surface area contributed by atoms with E-state index in [1.807, 2.05) is 42.6 Å². The van der Waals surface area contributed by atoms with E-state index in [2.05, 4.69) is 10.3 Å². The summed E-state index contributed by atoms with van der Waals surface area (Å²) in [5.41, 5.74) is 2.11. The van der Waals surface area contributed by atoms with Gasteiger partial charge in [0.25, 0.3) is 5.91 Å². The fraction of sp³-hybridized carbons (Fsp3) is 0.190. The number of benzene rings is 2. The summed E-state index contributed by atoms with van der Waals surface area (Å²) in [7, 11) is 0. The number of nitrogens with zero attached hydrogens (tertiary/aromatic N) is 2. The Morgan fingerprint density at radius 3 is 2.50 bits per heavy atom. The topological polar surface area (TPSA) is 62.3 Å². The predicted molar refractivity (Wildman–Crippen MR) is 109 cm³/mol. The number of rotatable bonds is 7. The lowest BCUT2D eigenvalue weighted by Gasteiger charge is -2.21. The minimum atomic E-state index is -0.408. The number of aromatic nitrogens is 1. The van der Waals surface area contributed by atoms with Crippen LogP contribution in [0.25, 0.3) is 11.3 Å². The molecule has 0 fully saturated rings. The first-order valence-corrected chi connectivity index (χ1v) is 9.80. The Morgan fingerprint density at radius 1 is 1.11 bits per heavy atom. The highest BCUT2D eigenvalue weighted by atomic mass is 32.1. The summed E-state index contributed by atoms with van der Waals surface area (Å²) in [6, 6.07) is 15.0. The Kier molecular flexibility index (Phi) is 6.49. The van der Waals surface area contributed by atoms with Gasteiger partial charge < -0.3 is 10.2 Å². The van der Waals surface area contributed by atoms with E-state index in [1.165, 1.54) is 40.5 Å². The van der Waals surface area contributed by atoms with Crippen molar-refractivity contribution in [2.24, 2.45) is 0 Å². The highest BCUT2D eigenvalue weighted by Crippen LogP contribution is 2.24. The van der Waals surface area contributed by atoms with Gasteiger partial charge in [0, 0.05) is 23.1 Å². The number of carbonyl (C=O) groups is 2. The van der Waals surface area contributed by atoms with E-state index in [9.17, 15) is 14.0 Å². The van der Waals surface area contributed by atoms with Crippen molar-refractivity contribution in [3.63, 3.8) is 0 Å². The Bertz CT molecular complexity index is 942. The molecule has 0 saturated heterocycles. The van der Waals surface area contributed by atoms with Gasteiger partial charge in [0.15, 0.2) is 5.13 Å². The van der Waals surface area contributed by atoms with Gasteiger partial charge in [-0.05, 0) is 30.7 Å². The second-order valence-electron chi connectivity index (χ2n) is 6.19. The van der Waals surface area contributed by atoms with Crippen molar-refractivity contribution in [1.29, 1.82) is 0 Å². The summed E-state index contributed by atoms with van der Waals surface area (Å²) in [6.45, 7) is 2.26. The quantitative estimate of drug-likeness (QED) is 0.641. The highest BCUT2D eigenvalue weighted by Gasteiger charge is 2.19. The van der Waals surface area contributed by atoms with Crippen LogP contribution in [0.1, 0.15) is 23.7 Å². The Hall–Kier alpha value is -3.06. The molecule has 3 rings (SSSR count). The number of amides is 2. The Morgan fingerprint density at radius 2 is 1.82 bits per heavy atom. The van der Waals surface area contributed by atoms with E-state index in [0.717, 1.165) is 11.3 Å². The average molecular weight is 397 g/mol. The van der Waals surface area contributed by atoms with Crippen LogP contribution in [0.3, 0.4) is 0 Å². The zero-order valence-electron chi connectivity index (χ0n) is 15.4. The van der Waals surface area contributed by atoms with Crippen LogP contribution in [0.4, 0.5) is 9.52 Å². The molecular formula is C21H20FN3O2S. The van der Waals surface area contributed by atoms with Crippen molar-refractivity contribution in [3.8, 4) is 11.3 Å². The summed E-state index contributed by atoms with van der Waals surface area (Å²) in [5.74, 6) is -1.03. The van der Waals surface area contributed by atoms with Crippen molar-refractivity contribution in [2.45, 2.75) is 13.3 Å². The van der Waals surface area contributed by atoms with Crippen molar-refractivity contribution in [2.75, 3.05) is 18.4 Å². The van der Waals surface area contributed by atoms with Crippen LogP contribution in [-0.4, -0.2) is 34.8 Å². The van der Waals surface area contributed by atoms with Gasteiger partial charge in [-0.1, -0.05) is 37.3 Å². The van der Waals surface area contributed by atoms with Gasteiger partial charge in [0.1, 0.15) is 12.4 Å². The molecule has 0 aliphatic carbocycles. The number of carbonyl (C=O) groups excluding carboxylic acids is 2. The van der Waals surface area contributed by atoms with Crippen LogP contribution in [-0.2, 0) is 4.79 Å². The molecule has 0 aliphatic heterocycles. The maximum absolute atomic E-state index is 13.1. The number of thiazole rings is 1. The second-order valence-corrected chi connectivity index (χ2v) is 7.04. The molecule has 1 N–H and O–H groups in total. The third kappa shape index (κ3) is 5.01. The Labute approximate surface area is 166 Å². The largest absolute Gasteiger partial charge is 0.329 e. The number of anilines is 1. The van der Waals surface area contributed by atoms with Crippen molar-refractivity contribution >= 4 is 28.3 Å². The van der Waals surface area contributed by atoms with Gasteiger partial charge in [0.2, 0.25) is 5.91 Å². The summed E-state index contributed by atoms with van der Waals surface area (Å²) in [6.07, 6.45) is 0.704. The molecule has 28 heavy (non-hydrogen) atoms. The standard InChI is InChI=1S/C21H20FN3O2S/c1-2-12-25(20(27)16-8-10-17(22)11-9-16)13-19(26)24-21-23-18(14-28-21)15-6-4-3-5-7-15/h3-11,14H,2,12-13H2,1H3,(H,23,24,26). The van der Waals surface area contributed by atoms with Crippen LogP contribution >= 0.6 is 11.3 Å². The van der Waals surface area contributed by atoms with Crippen molar-refractivity contribution in [1.82, 2.24) is 9.88 Å². The van der Waals surface area contributed by atoms with Gasteiger partial charge in [-0.2, -0.15) is 0 Å².